The monoisotopic (exact) mass is 326 g/mol. The highest BCUT2D eigenvalue weighted by Crippen LogP contribution is 2.17. The van der Waals surface area contributed by atoms with E-state index >= 15 is 0 Å². The van der Waals surface area contributed by atoms with Crippen molar-refractivity contribution in [1.82, 2.24) is 4.98 Å². The molecule has 118 valence electrons. The Morgan fingerprint density at radius 2 is 2.04 bits per heavy atom. The molecule has 0 fully saturated rings. The zero-order chi connectivity index (χ0) is 16.7. The summed E-state index contributed by atoms with van der Waals surface area (Å²) >= 11 is 1.31. The van der Waals surface area contributed by atoms with Crippen molar-refractivity contribution in [2.45, 2.75) is 13.8 Å². The summed E-state index contributed by atoms with van der Waals surface area (Å²) in [5.74, 6) is -0.449. The average molecular weight is 326 g/mol. The number of carbonyl (C=O) groups excluding carboxylic acids is 1. The molecule has 5 nitrogen and oxygen atoms in total. The van der Waals surface area contributed by atoms with Crippen LogP contribution in [-0.2, 0) is 4.79 Å². The summed E-state index contributed by atoms with van der Waals surface area (Å²) in [5.41, 5.74) is 1.99. The minimum absolute atomic E-state index is 0.0517. The van der Waals surface area contributed by atoms with E-state index < -0.39 is 5.91 Å². The number of nitriles is 1. The Morgan fingerprint density at radius 3 is 2.57 bits per heavy atom. The van der Waals surface area contributed by atoms with Gasteiger partial charge < -0.3 is 4.90 Å². The Morgan fingerprint density at radius 1 is 1.35 bits per heavy atom. The van der Waals surface area contributed by atoms with Gasteiger partial charge in [0.15, 0.2) is 5.13 Å². The topological polar surface area (TPSA) is 69.0 Å². The molecule has 23 heavy (non-hydrogen) atoms. The van der Waals surface area contributed by atoms with Gasteiger partial charge in [-0.2, -0.15) is 5.26 Å². The lowest BCUT2D eigenvalue weighted by molar-refractivity contribution is -0.112. The van der Waals surface area contributed by atoms with Crippen LogP contribution >= 0.6 is 11.3 Å². The fourth-order valence-electron chi connectivity index (χ4n) is 2.14. The Balaban J connectivity index is 2.14. The molecule has 0 saturated heterocycles. The number of rotatable bonds is 6. The van der Waals surface area contributed by atoms with Crippen LogP contribution in [0.25, 0.3) is 6.08 Å². The molecule has 0 spiro atoms. The molecule has 0 atom stereocenters. The first-order valence-corrected chi connectivity index (χ1v) is 8.23. The molecule has 1 amide bonds. The number of amides is 1. The van der Waals surface area contributed by atoms with Crippen LogP contribution in [0.3, 0.4) is 0 Å². The standard InChI is InChI=1S/C17H18N4OS/c1-3-21(4-2)15-7-5-13(6-8-15)11-14(12-18)16(22)20-17-19-9-10-23-17/h5-11H,3-4H2,1-2H3,(H,19,20,22). The van der Waals surface area contributed by atoms with Gasteiger partial charge in [-0.15, -0.1) is 11.3 Å². The first kappa shape index (κ1) is 16.7. The second-order valence-corrected chi connectivity index (χ2v) is 5.62. The van der Waals surface area contributed by atoms with Crippen molar-refractivity contribution in [3.63, 3.8) is 0 Å². The minimum Gasteiger partial charge on any atom is -0.372 e. The normalized spacial score (nSPS) is 10.9. The Hall–Kier alpha value is -2.65. The molecular weight excluding hydrogens is 308 g/mol. The summed E-state index contributed by atoms with van der Waals surface area (Å²) in [6.45, 7) is 6.08. The predicted octanol–water partition coefficient (Wildman–Crippen LogP) is 3.53. The molecule has 0 aliphatic heterocycles. The van der Waals surface area contributed by atoms with Gasteiger partial charge in [0, 0.05) is 30.4 Å². The summed E-state index contributed by atoms with van der Waals surface area (Å²) in [6.07, 6.45) is 3.18. The second-order valence-electron chi connectivity index (χ2n) is 4.73. The summed E-state index contributed by atoms with van der Waals surface area (Å²) in [5, 5.41) is 14.1. The fourth-order valence-corrected chi connectivity index (χ4v) is 2.66. The van der Waals surface area contributed by atoms with Crippen LogP contribution in [0.4, 0.5) is 10.8 Å². The molecular formula is C17H18N4OS. The molecule has 1 aromatic heterocycles. The van der Waals surface area contributed by atoms with Crippen molar-refractivity contribution in [3.05, 3.63) is 47.0 Å². The van der Waals surface area contributed by atoms with Gasteiger partial charge in [0.2, 0.25) is 0 Å². The zero-order valence-corrected chi connectivity index (χ0v) is 13.9. The summed E-state index contributed by atoms with van der Waals surface area (Å²) in [6, 6.07) is 9.73. The summed E-state index contributed by atoms with van der Waals surface area (Å²) < 4.78 is 0. The molecule has 0 radical (unpaired) electrons. The van der Waals surface area contributed by atoms with Crippen LogP contribution in [0.15, 0.2) is 41.4 Å². The number of benzene rings is 1. The third-order valence-electron chi connectivity index (χ3n) is 3.35. The number of thiazole rings is 1. The van der Waals surface area contributed by atoms with Crippen LogP contribution in [0.5, 0.6) is 0 Å². The van der Waals surface area contributed by atoms with E-state index in [2.05, 4.69) is 29.0 Å². The number of nitrogens with one attached hydrogen (secondary N) is 1. The number of anilines is 2. The first-order valence-electron chi connectivity index (χ1n) is 7.35. The van der Waals surface area contributed by atoms with E-state index in [0.717, 1.165) is 24.3 Å². The van der Waals surface area contributed by atoms with Crippen LogP contribution in [-0.4, -0.2) is 24.0 Å². The quantitative estimate of drug-likeness (QED) is 0.651. The van der Waals surface area contributed by atoms with E-state index in [9.17, 15) is 10.1 Å². The van der Waals surface area contributed by atoms with E-state index in [0.29, 0.717) is 5.13 Å². The third-order valence-corrected chi connectivity index (χ3v) is 4.04. The maximum absolute atomic E-state index is 12.1. The van der Waals surface area contributed by atoms with E-state index in [4.69, 9.17) is 0 Å². The fraction of sp³-hybridized carbons (Fsp3) is 0.235. The third kappa shape index (κ3) is 4.41. The van der Waals surface area contributed by atoms with Crippen LogP contribution in [0.2, 0.25) is 0 Å². The zero-order valence-electron chi connectivity index (χ0n) is 13.1. The highest BCUT2D eigenvalue weighted by Gasteiger charge is 2.10. The molecule has 0 unspecified atom stereocenters. The molecule has 0 aliphatic carbocycles. The van der Waals surface area contributed by atoms with Crippen LogP contribution < -0.4 is 10.2 Å². The number of carbonyl (C=O) groups is 1. The second kappa shape index (κ2) is 8.11. The smallest absolute Gasteiger partial charge is 0.268 e. The van der Waals surface area contributed by atoms with Crippen molar-refractivity contribution in [2.75, 3.05) is 23.3 Å². The highest BCUT2D eigenvalue weighted by atomic mass is 32.1. The van der Waals surface area contributed by atoms with Crippen molar-refractivity contribution in [3.8, 4) is 6.07 Å². The Bertz CT molecular complexity index is 710. The van der Waals surface area contributed by atoms with E-state index in [1.807, 2.05) is 30.3 Å². The van der Waals surface area contributed by atoms with Crippen LogP contribution in [0.1, 0.15) is 19.4 Å². The maximum atomic E-state index is 12.1. The number of hydrogen-bond donors (Lipinski definition) is 1. The number of aromatic nitrogens is 1. The highest BCUT2D eigenvalue weighted by molar-refractivity contribution is 7.13. The number of nitrogens with zero attached hydrogens (tertiary/aromatic N) is 3. The molecule has 0 aliphatic rings. The van der Waals surface area contributed by atoms with Crippen LogP contribution in [0, 0.1) is 11.3 Å². The molecule has 2 aromatic rings. The molecule has 1 heterocycles. The Kier molecular flexibility index (Phi) is 5.89. The van der Waals surface area contributed by atoms with Gasteiger partial charge in [0.25, 0.3) is 5.91 Å². The molecule has 0 saturated carbocycles. The lowest BCUT2D eigenvalue weighted by Crippen LogP contribution is -2.21. The Labute approximate surface area is 139 Å². The molecule has 1 N–H and O–H groups in total. The van der Waals surface area contributed by atoms with Gasteiger partial charge in [-0.1, -0.05) is 12.1 Å². The van der Waals surface area contributed by atoms with E-state index in [1.54, 1.807) is 17.7 Å². The van der Waals surface area contributed by atoms with Gasteiger partial charge in [0.05, 0.1) is 0 Å². The lowest BCUT2D eigenvalue weighted by atomic mass is 10.1. The predicted molar refractivity (Wildman–Crippen MR) is 94.3 cm³/mol. The van der Waals surface area contributed by atoms with Crippen molar-refractivity contribution < 1.29 is 4.79 Å². The molecule has 0 bridgehead atoms. The lowest BCUT2D eigenvalue weighted by Gasteiger charge is -2.20. The molecule has 2 rings (SSSR count). The van der Waals surface area contributed by atoms with Crippen molar-refractivity contribution >= 4 is 34.1 Å². The van der Waals surface area contributed by atoms with Gasteiger partial charge >= 0.3 is 0 Å². The number of hydrogen-bond acceptors (Lipinski definition) is 5. The van der Waals surface area contributed by atoms with Gasteiger partial charge in [0.1, 0.15) is 11.6 Å². The van der Waals surface area contributed by atoms with E-state index in [1.165, 1.54) is 11.3 Å². The summed E-state index contributed by atoms with van der Waals surface area (Å²) in [4.78, 5) is 18.3. The SMILES string of the molecule is CCN(CC)c1ccc(C=C(C#N)C(=O)Nc2nccs2)cc1. The van der Waals surface area contributed by atoms with Gasteiger partial charge in [-0.3, -0.25) is 10.1 Å². The average Bonchev–Trinajstić information content (AvgIpc) is 3.08. The van der Waals surface area contributed by atoms with Gasteiger partial charge in [-0.05, 0) is 37.6 Å². The van der Waals surface area contributed by atoms with E-state index in [-0.39, 0.29) is 5.57 Å². The molecule has 1 aromatic carbocycles. The van der Waals surface area contributed by atoms with Crippen molar-refractivity contribution in [2.24, 2.45) is 0 Å². The minimum atomic E-state index is -0.449. The summed E-state index contributed by atoms with van der Waals surface area (Å²) in [7, 11) is 0. The molecule has 6 heteroatoms. The van der Waals surface area contributed by atoms with Gasteiger partial charge in [-0.25, -0.2) is 4.98 Å². The maximum Gasteiger partial charge on any atom is 0.268 e. The first-order chi connectivity index (χ1) is 11.2. The largest absolute Gasteiger partial charge is 0.372 e. The van der Waals surface area contributed by atoms with Crippen molar-refractivity contribution in [1.29, 1.82) is 5.26 Å².